The zero-order valence-electron chi connectivity index (χ0n) is 19.5. The van der Waals surface area contributed by atoms with Crippen LogP contribution >= 0.6 is 15.9 Å². The van der Waals surface area contributed by atoms with Crippen LogP contribution in [0.4, 0.5) is 0 Å². The van der Waals surface area contributed by atoms with Gasteiger partial charge in [0.2, 0.25) is 11.8 Å². The van der Waals surface area contributed by atoms with Crippen molar-refractivity contribution in [3.63, 3.8) is 0 Å². The van der Waals surface area contributed by atoms with E-state index >= 15 is 0 Å². The second-order valence-electron chi connectivity index (χ2n) is 8.01. The van der Waals surface area contributed by atoms with Crippen LogP contribution in [0.25, 0.3) is 0 Å². The predicted octanol–water partition coefficient (Wildman–Crippen LogP) is 2.82. The monoisotopic (exact) mass is 530 g/mol. The fraction of sp³-hybridized carbons (Fsp3) is 0.400. The fourth-order valence-corrected chi connectivity index (χ4v) is 3.80. The fourth-order valence-electron chi connectivity index (χ4n) is 3.54. The second kappa shape index (κ2) is 15.1. The number of hydrogen-bond donors (Lipinski definition) is 4. The van der Waals surface area contributed by atoms with Crippen molar-refractivity contribution in [2.45, 2.75) is 44.7 Å². The number of guanidine groups is 1. The third-order valence-corrected chi connectivity index (χ3v) is 5.81. The highest BCUT2D eigenvalue weighted by Gasteiger charge is 2.31. The molecule has 0 aliphatic rings. The molecular formula is C25H35BrN6O2. The van der Waals surface area contributed by atoms with Crippen molar-refractivity contribution in [2.24, 2.45) is 22.2 Å². The summed E-state index contributed by atoms with van der Waals surface area (Å²) in [7, 11) is 0. The second-order valence-corrected chi connectivity index (χ2v) is 8.93. The zero-order chi connectivity index (χ0) is 24.8. The van der Waals surface area contributed by atoms with E-state index in [0.717, 1.165) is 28.4 Å². The minimum Gasteiger partial charge on any atom is -0.370 e. The van der Waals surface area contributed by atoms with Gasteiger partial charge in [-0.15, -0.1) is 0 Å². The van der Waals surface area contributed by atoms with E-state index in [4.69, 9.17) is 17.2 Å². The van der Waals surface area contributed by atoms with Crippen molar-refractivity contribution in [2.75, 3.05) is 19.6 Å². The van der Waals surface area contributed by atoms with Crippen LogP contribution in [0.1, 0.15) is 49.3 Å². The maximum Gasteiger partial charge on any atom is 0.247 e. The highest BCUT2D eigenvalue weighted by atomic mass is 79.9. The normalized spacial score (nSPS) is 11.5. The summed E-state index contributed by atoms with van der Waals surface area (Å²) in [5.74, 6) is -0.263. The van der Waals surface area contributed by atoms with E-state index in [1.54, 1.807) is 4.90 Å². The van der Waals surface area contributed by atoms with Crippen molar-refractivity contribution >= 4 is 33.7 Å². The molecular weight excluding hydrogens is 496 g/mol. The first kappa shape index (κ1) is 27.3. The molecule has 34 heavy (non-hydrogen) atoms. The average Bonchev–Trinajstić information content (AvgIpc) is 2.82. The first-order chi connectivity index (χ1) is 16.4. The Morgan fingerprint density at radius 1 is 0.971 bits per heavy atom. The summed E-state index contributed by atoms with van der Waals surface area (Å²) in [6, 6.07) is 16.4. The van der Waals surface area contributed by atoms with Crippen LogP contribution < -0.4 is 22.5 Å². The quantitative estimate of drug-likeness (QED) is 0.169. The summed E-state index contributed by atoms with van der Waals surface area (Å²) in [6.45, 7) is 1.87. The van der Waals surface area contributed by atoms with Gasteiger partial charge >= 0.3 is 0 Å². The Balaban J connectivity index is 2.28. The average molecular weight is 531 g/mol. The molecule has 7 N–H and O–H groups in total. The molecule has 0 heterocycles. The Bertz CT molecular complexity index is 917. The molecule has 2 amide bonds. The number of benzene rings is 2. The summed E-state index contributed by atoms with van der Waals surface area (Å²) >= 11 is 3.45. The minimum absolute atomic E-state index is 0.0404. The summed E-state index contributed by atoms with van der Waals surface area (Å²) in [5, 5.41) is 3.00. The molecule has 0 saturated carbocycles. The Labute approximate surface area is 210 Å². The summed E-state index contributed by atoms with van der Waals surface area (Å²) in [5.41, 5.74) is 18.0. The first-order valence-electron chi connectivity index (χ1n) is 11.5. The highest BCUT2D eigenvalue weighted by Crippen LogP contribution is 2.26. The van der Waals surface area contributed by atoms with Crippen LogP contribution in [0.3, 0.4) is 0 Å². The van der Waals surface area contributed by atoms with Crippen molar-refractivity contribution in [1.82, 2.24) is 10.2 Å². The van der Waals surface area contributed by atoms with E-state index in [1.807, 2.05) is 54.6 Å². The van der Waals surface area contributed by atoms with Gasteiger partial charge in [0.1, 0.15) is 6.04 Å². The Hall–Kier alpha value is -2.91. The molecule has 0 aliphatic carbocycles. The topological polar surface area (TPSA) is 140 Å². The summed E-state index contributed by atoms with van der Waals surface area (Å²) < 4.78 is 0.902. The van der Waals surface area contributed by atoms with Crippen LogP contribution in [-0.2, 0) is 16.1 Å². The summed E-state index contributed by atoms with van der Waals surface area (Å²) in [4.78, 5) is 32.5. The lowest BCUT2D eigenvalue weighted by atomic mass is 10.0. The van der Waals surface area contributed by atoms with E-state index in [0.29, 0.717) is 45.4 Å². The molecule has 184 valence electrons. The molecule has 0 radical (unpaired) electrons. The van der Waals surface area contributed by atoms with Crippen molar-refractivity contribution in [3.05, 3.63) is 70.2 Å². The van der Waals surface area contributed by atoms with Gasteiger partial charge in [0, 0.05) is 30.5 Å². The Morgan fingerprint density at radius 3 is 2.32 bits per heavy atom. The van der Waals surface area contributed by atoms with Gasteiger partial charge in [0.25, 0.3) is 0 Å². The van der Waals surface area contributed by atoms with Gasteiger partial charge < -0.3 is 27.4 Å². The number of carbonyl (C=O) groups excluding carboxylic acids is 2. The molecule has 0 aromatic heterocycles. The van der Waals surface area contributed by atoms with Crippen molar-refractivity contribution in [1.29, 1.82) is 0 Å². The highest BCUT2D eigenvalue weighted by molar-refractivity contribution is 9.10. The molecule has 1 unspecified atom stereocenters. The maximum absolute atomic E-state index is 13.4. The van der Waals surface area contributed by atoms with E-state index in [1.165, 1.54) is 0 Å². The molecule has 0 spiro atoms. The number of rotatable bonds is 14. The van der Waals surface area contributed by atoms with Crippen LogP contribution in [0.2, 0.25) is 0 Å². The summed E-state index contributed by atoms with van der Waals surface area (Å²) in [6.07, 6.45) is 3.20. The smallest absolute Gasteiger partial charge is 0.247 e. The van der Waals surface area contributed by atoms with E-state index in [2.05, 4.69) is 26.2 Å². The van der Waals surface area contributed by atoms with Gasteiger partial charge in [-0.3, -0.25) is 14.6 Å². The SMILES string of the molecule is NCCCCNC(=O)C(c1ccc(Br)cc1)N(Cc1ccccc1)C(=O)CCCCN=C(N)N. The number of nitrogens with two attached hydrogens (primary N) is 3. The molecule has 9 heteroatoms. The minimum atomic E-state index is -0.753. The third-order valence-electron chi connectivity index (χ3n) is 5.29. The van der Waals surface area contributed by atoms with E-state index < -0.39 is 6.04 Å². The molecule has 0 fully saturated rings. The van der Waals surface area contributed by atoms with Crippen LogP contribution in [0, 0.1) is 0 Å². The standard InChI is InChI=1S/C25H35BrN6O2/c26-21-13-11-20(12-14-21)23(24(34)30-16-7-5-15-27)32(18-19-8-2-1-3-9-19)22(33)10-4-6-17-31-25(28)29/h1-3,8-9,11-14,23H,4-7,10,15-18,27H2,(H,30,34)(H4,28,29,31). The van der Waals surface area contributed by atoms with Gasteiger partial charge in [-0.05, 0) is 55.5 Å². The Kier molecular flexibility index (Phi) is 12.1. The van der Waals surface area contributed by atoms with E-state index in [9.17, 15) is 9.59 Å². The zero-order valence-corrected chi connectivity index (χ0v) is 21.0. The number of carbonyl (C=O) groups is 2. The van der Waals surface area contributed by atoms with Gasteiger partial charge in [-0.2, -0.15) is 0 Å². The lowest BCUT2D eigenvalue weighted by molar-refractivity contribution is -0.141. The molecule has 2 aromatic rings. The molecule has 0 saturated heterocycles. The molecule has 2 rings (SSSR count). The number of nitrogens with zero attached hydrogens (tertiary/aromatic N) is 2. The molecule has 0 aliphatic heterocycles. The molecule has 0 bridgehead atoms. The lowest BCUT2D eigenvalue weighted by Gasteiger charge is -2.32. The number of hydrogen-bond acceptors (Lipinski definition) is 4. The van der Waals surface area contributed by atoms with Gasteiger partial charge in [-0.25, -0.2) is 0 Å². The third kappa shape index (κ3) is 9.52. The predicted molar refractivity (Wildman–Crippen MR) is 140 cm³/mol. The van der Waals surface area contributed by atoms with E-state index in [-0.39, 0.29) is 17.8 Å². The number of amides is 2. The number of nitrogens with one attached hydrogen (secondary N) is 1. The van der Waals surface area contributed by atoms with Crippen LogP contribution in [-0.4, -0.2) is 42.3 Å². The number of halogens is 1. The van der Waals surface area contributed by atoms with Gasteiger partial charge in [-0.1, -0.05) is 58.4 Å². The van der Waals surface area contributed by atoms with Crippen molar-refractivity contribution in [3.8, 4) is 0 Å². The largest absolute Gasteiger partial charge is 0.370 e. The Morgan fingerprint density at radius 2 is 1.68 bits per heavy atom. The number of unbranched alkanes of at least 4 members (excludes halogenated alkanes) is 2. The number of aliphatic imine (C=N–C) groups is 1. The van der Waals surface area contributed by atoms with Gasteiger partial charge in [0.05, 0.1) is 0 Å². The molecule has 1 atom stereocenters. The lowest BCUT2D eigenvalue weighted by Crippen LogP contribution is -2.43. The first-order valence-corrected chi connectivity index (χ1v) is 12.3. The van der Waals surface area contributed by atoms with Crippen LogP contribution in [0.5, 0.6) is 0 Å². The maximum atomic E-state index is 13.4. The molecule has 2 aromatic carbocycles. The van der Waals surface area contributed by atoms with Gasteiger partial charge in [0.15, 0.2) is 5.96 Å². The van der Waals surface area contributed by atoms with Crippen LogP contribution in [0.15, 0.2) is 64.1 Å². The van der Waals surface area contributed by atoms with Crippen molar-refractivity contribution < 1.29 is 9.59 Å². The molecule has 8 nitrogen and oxygen atoms in total.